The van der Waals surface area contributed by atoms with Crippen molar-refractivity contribution in [2.75, 3.05) is 6.61 Å². The summed E-state index contributed by atoms with van der Waals surface area (Å²) in [5.41, 5.74) is 4.25. The first-order valence-corrected chi connectivity index (χ1v) is 7.91. The minimum Gasteiger partial charge on any atom is -0.462 e. The largest absolute Gasteiger partial charge is 0.462 e. The number of aryl methyl sites for hydroxylation is 1. The maximum absolute atomic E-state index is 12.1. The molecule has 0 atom stereocenters. The number of ether oxygens (including phenoxy) is 1. The molecule has 0 N–H and O–H groups in total. The van der Waals surface area contributed by atoms with Gasteiger partial charge in [0.15, 0.2) is 0 Å². The Morgan fingerprint density at radius 3 is 2.48 bits per heavy atom. The van der Waals surface area contributed by atoms with Crippen molar-refractivity contribution in [3.8, 4) is 0 Å². The molecule has 0 unspecified atom stereocenters. The molecule has 3 aromatic rings. The molecule has 0 amide bonds. The molecule has 0 saturated heterocycles. The molecule has 0 aliphatic rings. The third kappa shape index (κ3) is 3.42. The lowest BCUT2D eigenvalue weighted by molar-refractivity contribution is 0.0526. The number of carbonyl (C=O) groups excluding carboxylic acids is 1. The number of benzene rings is 3. The highest BCUT2D eigenvalue weighted by molar-refractivity contribution is 5.97. The maximum atomic E-state index is 12.1. The summed E-state index contributed by atoms with van der Waals surface area (Å²) in [6.45, 7) is 4.30. The van der Waals surface area contributed by atoms with Crippen LogP contribution in [-0.4, -0.2) is 12.6 Å². The summed E-state index contributed by atoms with van der Waals surface area (Å²) in [7, 11) is 0. The van der Waals surface area contributed by atoms with Crippen LogP contribution in [0.4, 0.5) is 0 Å². The van der Waals surface area contributed by atoms with Gasteiger partial charge in [0.2, 0.25) is 0 Å². The smallest absolute Gasteiger partial charge is 0.338 e. The highest BCUT2D eigenvalue weighted by Crippen LogP contribution is 2.24. The van der Waals surface area contributed by atoms with Crippen molar-refractivity contribution in [1.82, 2.24) is 0 Å². The SMILES string of the molecule is CCOC(=O)c1cc(Cc2ccc(C)cc2)c2ccccc2c1. The Morgan fingerprint density at radius 1 is 1.00 bits per heavy atom. The molecule has 0 radical (unpaired) electrons. The van der Waals surface area contributed by atoms with E-state index in [2.05, 4.69) is 37.3 Å². The molecule has 0 aromatic heterocycles. The second-order valence-electron chi connectivity index (χ2n) is 5.74. The van der Waals surface area contributed by atoms with Gasteiger partial charge in [-0.1, -0.05) is 54.1 Å². The lowest BCUT2D eigenvalue weighted by atomic mass is 9.95. The number of hydrogen-bond acceptors (Lipinski definition) is 2. The topological polar surface area (TPSA) is 26.3 Å². The Bertz CT molecular complexity index is 832. The molecule has 3 aromatic carbocycles. The van der Waals surface area contributed by atoms with Crippen LogP contribution < -0.4 is 0 Å². The Labute approximate surface area is 136 Å². The van der Waals surface area contributed by atoms with Crippen LogP contribution >= 0.6 is 0 Å². The van der Waals surface area contributed by atoms with Crippen LogP contribution in [0.3, 0.4) is 0 Å². The molecule has 0 aliphatic carbocycles. The molecule has 23 heavy (non-hydrogen) atoms. The van der Waals surface area contributed by atoms with E-state index in [4.69, 9.17) is 4.74 Å². The van der Waals surface area contributed by atoms with E-state index in [0.29, 0.717) is 12.2 Å². The van der Waals surface area contributed by atoms with Crippen LogP contribution in [0.5, 0.6) is 0 Å². The monoisotopic (exact) mass is 304 g/mol. The minimum atomic E-state index is -0.261. The van der Waals surface area contributed by atoms with Crippen molar-refractivity contribution in [3.05, 3.63) is 82.9 Å². The van der Waals surface area contributed by atoms with E-state index in [0.717, 1.165) is 17.4 Å². The second-order valence-corrected chi connectivity index (χ2v) is 5.74. The van der Waals surface area contributed by atoms with Gasteiger partial charge < -0.3 is 4.74 Å². The Morgan fingerprint density at radius 2 is 1.74 bits per heavy atom. The normalized spacial score (nSPS) is 10.7. The van der Waals surface area contributed by atoms with E-state index < -0.39 is 0 Å². The molecule has 2 heteroatoms. The summed E-state index contributed by atoms with van der Waals surface area (Å²) < 4.78 is 5.16. The lowest BCUT2D eigenvalue weighted by Gasteiger charge is -2.10. The zero-order valence-electron chi connectivity index (χ0n) is 13.5. The van der Waals surface area contributed by atoms with Gasteiger partial charge in [-0.3, -0.25) is 0 Å². The first-order valence-electron chi connectivity index (χ1n) is 7.91. The summed E-state index contributed by atoms with van der Waals surface area (Å²) in [5.74, 6) is -0.261. The summed E-state index contributed by atoms with van der Waals surface area (Å²) in [4.78, 5) is 12.1. The highest BCUT2D eigenvalue weighted by atomic mass is 16.5. The maximum Gasteiger partial charge on any atom is 0.338 e. The van der Waals surface area contributed by atoms with Crippen molar-refractivity contribution < 1.29 is 9.53 Å². The van der Waals surface area contributed by atoms with Crippen LogP contribution in [0.2, 0.25) is 0 Å². The van der Waals surface area contributed by atoms with E-state index >= 15 is 0 Å². The predicted octanol–water partition coefficient (Wildman–Crippen LogP) is 4.92. The summed E-state index contributed by atoms with van der Waals surface area (Å²) in [5, 5.41) is 2.25. The predicted molar refractivity (Wildman–Crippen MR) is 93.9 cm³/mol. The van der Waals surface area contributed by atoms with E-state index in [-0.39, 0.29) is 5.97 Å². The number of esters is 1. The Kier molecular flexibility index (Phi) is 4.42. The lowest BCUT2D eigenvalue weighted by Crippen LogP contribution is -2.05. The van der Waals surface area contributed by atoms with E-state index in [9.17, 15) is 4.79 Å². The number of fused-ring (bicyclic) bond motifs is 1. The zero-order valence-corrected chi connectivity index (χ0v) is 13.5. The van der Waals surface area contributed by atoms with Gasteiger partial charge in [-0.15, -0.1) is 0 Å². The first kappa shape index (κ1) is 15.3. The summed E-state index contributed by atoms with van der Waals surface area (Å²) >= 11 is 0. The van der Waals surface area contributed by atoms with Crippen molar-refractivity contribution >= 4 is 16.7 Å². The van der Waals surface area contributed by atoms with Gasteiger partial charge >= 0.3 is 5.97 Å². The van der Waals surface area contributed by atoms with Gasteiger partial charge in [-0.05, 0) is 54.3 Å². The molecule has 0 aliphatic heterocycles. The van der Waals surface area contributed by atoms with Gasteiger partial charge in [0, 0.05) is 0 Å². The number of hydrogen-bond donors (Lipinski definition) is 0. The van der Waals surface area contributed by atoms with Crippen molar-refractivity contribution in [2.24, 2.45) is 0 Å². The quantitative estimate of drug-likeness (QED) is 0.640. The van der Waals surface area contributed by atoms with Gasteiger partial charge in [-0.2, -0.15) is 0 Å². The Hall–Kier alpha value is -2.61. The fraction of sp³-hybridized carbons (Fsp3) is 0.190. The van der Waals surface area contributed by atoms with Gasteiger partial charge in [0.05, 0.1) is 12.2 Å². The van der Waals surface area contributed by atoms with Crippen molar-refractivity contribution in [2.45, 2.75) is 20.3 Å². The van der Waals surface area contributed by atoms with E-state index in [1.54, 1.807) is 0 Å². The fourth-order valence-electron chi connectivity index (χ4n) is 2.79. The highest BCUT2D eigenvalue weighted by Gasteiger charge is 2.11. The van der Waals surface area contributed by atoms with Crippen LogP contribution in [0.25, 0.3) is 10.8 Å². The fourth-order valence-corrected chi connectivity index (χ4v) is 2.79. The van der Waals surface area contributed by atoms with Gasteiger partial charge in [0.1, 0.15) is 0 Å². The van der Waals surface area contributed by atoms with Gasteiger partial charge in [-0.25, -0.2) is 4.79 Å². The average molecular weight is 304 g/mol. The molecule has 0 bridgehead atoms. The Balaban J connectivity index is 2.06. The molecule has 0 saturated carbocycles. The minimum absolute atomic E-state index is 0.261. The molecule has 2 nitrogen and oxygen atoms in total. The van der Waals surface area contributed by atoms with E-state index in [1.165, 1.54) is 16.5 Å². The van der Waals surface area contributed by atoms with Crippen molar-refractivity contribution in [1.29, 1.82) is 0 Å². The molecular formula is C21H20O2. The van der Waals surface area contributed by atoms with Crippen LogP contribution in [0.1, 0.15) is 34.0 Å². The van der Waals surface area contributed by atoms with Crippen LogP contribution in [0, 0.1) is 6.92 Å². The van der Waals surface area contributed by atoms with Gasteiger partial charge in [0.25, 0.3) is 0 Å². The number of rotatable bonds is 4. The molecule has 0 heterocycles. The van der Waals surface area contributed by atoms with E-state index in [1.807, 2.05) is 37.3 Å². The van der Waals surface area contributed by atoms with Crippen LogP contribution in [0.15, 0.2) is 60.7 Å². The molecule has 0 spiro atoms. The second kappa shape index (κ2) is 6.66. The third-order valence-corrected chi connectivity index (χ3v) is 3.97. The first-order chi connectivity index (χ1) is 11.2. The zero-order chi connectivity index (χ0) is 16.2. The average Bonchev–Trinajstić information content (AvgIpc) is 2.57. The molecule has 0 fully saturated rings. The number of carbonyl (C=O) groups is 1. The van der Waals surface area contributed by atoms with Crippen molar-refractivity contribution in [3.63, 3.8) is 0 Å². The summed E-state index contributed by atoms with van der Waals surface area (Å²) in [6, 6.07) is 20.6. The van der Waals surface area contributed by atoms with Crippen LogP contribution in [-0.2, 0) is 11.2 Å². The molecule has 3 rings (SSSR count). The summed E-state index contributed by atoms with van der Waals surface area (Å²) in [6.07, 6.45) is 0.800. The third-order valence-electron chi connectivity index (χ3n) is 3.97. The standard InChI is InChI=1S/C21H20O2/c1-3-23-21(22)19-13-17-6-4-5-7-20(17)18(14-19)12-16-10-8-15(2)9-11-16/h4-11,13-14H,3,12H2,1-2H3. The molecule has 116 valence electrons. The molecular weight excluding hydrogens is 284 g/mol.